The molecule has 4 nitrogen and oxygen atoms in total. The van der Waals surface area contributed by atoms with Gasteiger partial charge in [-0.05, 0) is 31.4 Å². The molecule has 3 fully saturated rings. The number of alkyl halides is 2. The monoisotopic (exact) mass is 321 g/mol. The molecule has 0 unspecified atom stereocenters. The SMILES string of the molecule is O=C(C1CC1)N1CCC(F)(F)[C@]2(CCN(c3cccnc3)C2)C1. The quantitative estimate of drug-likeness (QED) is 0.840. The second-order valence-corrected chi connectivity index (χ2v) is 7.15. The zero-order chi connectivity index (χ0) is 16.1. The Labute approximate surface area is 134 Å². The largest absolute Gasteiger partial charge is 0.369 e. The smallest absolute Gasteiger partial charge is 0.258 e. The number of rotatable bonds is 2. The summed E-state index contributed by atoms with van der Waals surface area (Å²) in [5.41, 5.74) is -0.239. The lowest BCUT2D eigenvalue weighted by atomic mass is 9.75. The molecule has 3 aliphatic rings. The van der Waals surface area contributed by atoms with Crippen molar-refractivity contribution >= 4 is 11.6 Å². The van der Waals surface area contributed by atoms with Gasteiger partial charge in [0.25, 0.3) is 5.92 Å². The van der Waals surface area contributed by atoms with Gasteiger partial charge in [-0.25, -0.2) is 8.78 Å². The van der Waals surface area contributed by atoms with Crippen LogP contribution in [0.2, 0.25) is 0 Å². The molecule has 0 bridgehead atoms. The number of carbonyl (C=O) groups is 1. The fourth-order valence-corrected chi connectivity index (χ4v) is 3.94. The molecule has 3 heterocycles. The lowest BCUT2D eigenvalue weighted by Gasteiger charge is -2.46. The van der Waals surface area contributed by atoms with Gasteiger partial charge >= 0.3 is 0 Å². The maximum absolute atomic E-state index is 14.7. The van der Waals surface area contributed by atoms with Crippen molar-refractivity contribution < 1.29 is 13.6 Å². The summed E-state index contributed by atoms with van der Waals surface area (Å²) in [5, 5.41) is 0. The summed E-state index contributed by atoms with van der Waals surface area (Å²) in [4.78, 5) is 20.1. The van der Waals surface area contributed by atoms with E-state index in [4.69, 9.17) is 0 Å². The molecule has 1 aromatic heterocycles. The van der Waals surface area contributed by atoms with Crippen LogP contribution < -0.4 is 4.90 Å². The summed E-state index contributed by atoms with van der Waals surface area (Å²) in [6.45, 7) is 1.26. The average molecular weight is 321 g/mol. The van der Waals surface area contributed by atoms with E-state index in [1.807, 2.05) is 17.0 Å². The molecular formula is C17H21F2N3O. The number of pyridine rings is 1. The number of anilines is 1. The Morgan fingerprint density at radius 2 is 2.04 bits per heavy atom. The summed E-state index contributed by atoms with van der Waals surface area (Å²) in [5.74, 6) is -2.54. The molecule has 6 heteroatoms. The number of carbonyl (C=O) groups excluding carboxylic acids is 1. The average Bonchev–Trinajstić information content (AvgIpc) is 3.31. The van der Waals surface area contributed by atoms with Gasteiger partial charge in [-0.3, -0.25) is 9.78 Å². The van der Waals surface area contributed by atoms with E-state index >= 15 is 0 Å². The highest BCUT2D eigenvalue weighted by atomic mass is 19.3. The normalized spacial score (nSPS) is 30.0. The molecular weight excluding hydrogens is 300 g/mol. The van der Waals surface area contributed by atoms with Gasteiger partial charge in [-0.1, -0.05) is 0 Å². The Kier molecular flexibility index (Phi) is 3.32. The van der Waals surface area contributed by atoms with Crippen molar-refractivity contribution in [2.24, 2.45) is 11.3 Å². The van der Waals surface area contributed by atoms with Gasteiger partial charge in [-0.15, -0.1) is 0 Å². The number of halogens is 2. The Hall–Kier alpha value is -1.72. The van der Waals surface area contributed by atoms with Crippen LogP contribution in [0, 0.1) is 11.3 Å². The first kappa shape index (κ1) is 14.8. The molecule has 1 atom stereocenters. The lowest BCUT2D eigenvalue weighted by molar-refractivity contribution is -0.169. The van der Waals surface area contributed by atoms with Crippen molar-refractivity contribution in [2.45, 2.75) is 31.6 Å². The zero-order valence-corrected chi connectivity index (χ0v) is 13.0. The number of amides is 1. The summed E-state index contributed by atoms with van der Waals surface area (Å²) in [6.07, 6.45) is 5.43. The van der Waals surface area contributed by atoms with E-state index in [0.29, 0.717) is 19.5 Å². The molecule has 2 aliphatic heterocycles. The highest BCUT2D eigenvalue weighted by molar-refractivity contribution is 5.81. The van der Waals surface area contributed by atoms with E-state index in [9.17, 15) is 13.6 Å². The molecule has 0 N–H and O–H groups in total. The Morgan fingerprint density at radius 3 is 2.74 bits per heavy atom. The summed E-state index contributed by atoms with van der Waals surface area (Å²) >= 11 is 0. The third kappa shape index (κ3) is 2.48. The molecule has 0 aromatic carbocycles. The highest BCUT2D eigenvalue weighted by Gasteiger charge is 2.60. The number of likely N-dealkylation sites (tertiary alicyclic amines) is 1. The van der Waals surface area contributed by atoms with Crippen molar-refractivity contribution in [2.75, 3.05) is 31.1 Å². The first-order valence-corrected chi connectivity index (χ1v) is 8.32. The van der Waals surface area contributed by atoms with E-state index in [2.05, 4.69) is 4.98 Å². The van der Waals surface area contributed by atoms with E-state index in [1.54, 1.807) is 17.3 Å². The molecule has 1 spiro atoms. The molecule has 23 heavy (non-hydrogen) atoms. The second kappa shape index (κ2) is 5.14. The minimum Gasteiger partial charge on any atom is -0.369 e. The minimum absolute atomic E-state index is 0.0831. The van der Waals surface area contributed by atoms with Gasteiger partial charge in [-0.2, -0.15) is 0 Å². The standard InChI is InChI=1S/C17H21F2N3O/c18-17(19)6-9-22(15(23)13-3-4-13)12-16(17)5-8-21(11-16)14-2-1-7-20-10-14/h1-2,7,10,13H,3-6,8-9,11-12H2/t16-/m0/s1. The van der Waals surface area contributed by atoms with E-state index in [-0.39, 0.29) is 31.3 Å². The van der Waals surface area contributed by atoms with Crippen molar-refractivity contribution in [1.82, 2.24) is 9.88 Å². The fraction of sp³-hybridized carbons (Fsp3) is 0.647. The van der Waals surface area contributed by atoms with E-state index in [0.717, 1.165) is 18.5 Å². The summed E-state index contributed by atoms with van der Waals surface area (Å²) in [6, 6.07) is 3.72. The molecule has 1 amide bonds. The molecule has 2 saturated heterocycles. The molecule has 1 aromatic rings. The predicted molar refractivity (Wildman–Crippen MR) is 82.4 cm³/mol. The van der Waals surface area contributed by atoms with Gasteiger partial charge in [0.1, 0.15) is 0 Å². The first-order chi connectivity index (χ1) is 11.0. The molecule has 0 radical (unpaired) electrons. The fourth-order valence-electron chi connectivity index (χ4n) is 3.94. The Morgan fingerprint density at radius 1 is 1.22 bits per heavy atom. The third-order valence-corrected chi connectivity index (χ3v) is 5.57. The van der Waals surface area contributed by atoms with Crippen LogP contribution in [0.1, 0.15) is 25.7 Å². The van der Waals surface area contributed by atoms with Crippen LogP contribution in [-0.4, -0.2) is 47.9 Å². The minimum atomic E-state index is -2.72. The van der Waals surface area contributed by atoms with E-state index < -0.39 is 11.3 Å². The Balaban J connectivity index is 1.56. The Bertz CT molecular complexity index is 605. The van der Waals surface area contributed by atoms with Crippen LogP contribution in [0.5, 0.6) is 0 Å². The maximum atomic E-state index is 14.7. The maximum Gasteiger partial charge on any atom is 0.258 e. The first-order valence-electron chi connectivity index (χ1n) is 8.32. The van der Waals surface area contributed by atoms with Gasteiger partial charge in [0.05, 0.1) is 17.3 Å². The molecule has 4 rings (SSSR count). The number of nitrogens with zero attached hydrogens (tertiary/aromatic N) is 3. The van der Waals surface area contributed by atoms with Crippen LogP contribution >= 0.6 is 0 Å². The number of aromatic nitrogens is 1. The zero-order valence-electron chi connectivity index (χ0n) is 13.0. The van der Waals surface area contributed by atoms with Crippen molar-refractivity contribution in [3.05, 3.63) is 24.5 Å². The number of hydrogen-bond donors (Lipinski definition) is 0. The van der Waals surface area contributed by atoms with Crippen LogP contribution in [0.25, 0.3) is 0 Å². The van der Waals surface area contributed by atoms with E-state index in [1.165, 1.54) is 0 Å². The molecule has 1 aliphatic carbocycles. The van der Waals surface area contributed by atoms with Crippen molar-refractivity contribution in [3.8, 4) is 0 Å². The molecule has 124 valence electrons. The van der Waals surface area contributed by atoms with Crippen molar-refractivity contribution in [3.63, 3.8) is 0 Å². The van der Waals surface area contributed by atoms with Gasteiger partial charge in [0.15, 0.2) is 0 Å². The molecule has 1 saturated carbocycles. The van der Waals surface area contributed by atoms with Crippen LogP contribution in [0.3, 0.4) is 0 Å². The number of hydrogen-bond acceptors (Lipinski definition) is 3. The highest BCUT2D eigenvalue weighted by Crippen LogP contribution is 2.50. The van der Waals surface area contributed by atoms with Crippen LogP contribution in [0.15, 0.2) is 24.5 Å². The van der Waals surface area contributed by atoms with Crippen molar-refractivity contribution in [1.29, 1.82) is 0 Å². The summed E-state index contributed by atoms with van der Waals surface area (Å²) < 4.78 is 29.5. The second-order valence-electron chi connectivity index (χ2n) is 7.15. The van der Waals surface area contributed by atoms with Gasteiger partial charge in [0, 0.05) is 44.7 Å². The van der Waals surface area contributed by atoms with Crippen LogP contribution in [0.4, 0.5) is 14.5 Å². The predicted octanol–water partition coefficient (Wildman–Crippen LogP) is 2.56. The topological polar surface area (TPSA) is 36.4 Å². The number of piperidine rings is 1. The third-order valence-electron chi connectivity index (χ3n) is 5.57. The van der Waals surface area contributed by atoms with Crippen LogP contribution in [-0.2, 0) is 4.79 Å². The summed E-state index contributed by atoms with van der Waals surface area (Å²) in [7, 11) is 0. The lowest BCUT2D eigenvalue weighted by Crippen LogP contribution is -2.58. The van der Waals surface area contributed by atoms with Gasteiger partial charge in [0.2, 0.25) is 5.91 Å². The van der Waals surface area contributed by atoms with Gasteiger partial charge < -0.3 is 9.80 Å².